The Morgan fingerprint density at radius 3 is 2.87 bits per heavy atom. The molecular formula is C25H26N2O3S. The number of phenolic OH excluding ortho intramolecular Hbond substituents is 1. The minimum absolute atomic E-state index is 0.0928. The van der Waals surface area contributed by atoms with E-state index < -0.39 is 0 Å². The quantitative estimate of drug-likeness (QED) is 0.436. The van der Waals surface area contributed by atoms with Crippen molar-refractivity contribution in [2.24, 2.45) is 0 Å². The second-order valence-corrected chi connectivity index (χ2v) is 9.35. The molecule has 31 heavy (non-hydrogen) atoms. The molecule has 0 radical (unpaired) electrons. The largest absolute Gasteiger partial charge is 0.507 e. The molecule has 2 aromatic heterocycles. The van der Waals surface area contributed by atoms with Gasteiger partial charge in [0.05, 0.1) is 26.7 Å². The van der Waals surface area contributed by atoms with Crippen LogP contribution in [0, 0.1) is 6.92 Å². The maximum atomic E-state index is 13.5. The Balaban J connectivity index is 1.64. The number of aryl methyl sites for hydroxylation is 1. The molecule has 0 spiro atoms. The van der Waals surface area contributed by atoms with Gasteiger partial charge in [-0.3, -0.25) is 9.69 Å². The van der Waals surface area contributed by atoms with Gasteiger partial charge in [-0.05, 0) is 57.0 Å². The Bertz CT molecular complexity index is 1290. The topological polar surface area (TPSA) is 66.6 Å². The second-order valence-electron chi connectivity index (χ2n) is 8.32. The lowest BCUT2D eigenvalue weighted by molar-refractivity contribution is 0.135. The Labute approximate surface area is 185 Å². The lowest BCUT2D eigenvalue weighted by Crippen LogP contribution is -2.38. The van der Waals surface area contributed by atoms with Crippen LogP contribution in [0.25, 0.3) is 31.8 Å². The number of piperidine rings is 1. The van der Waals surface area contributed by atoms with Crippen molar-refractivity contribution in [1.82, 2.24) is 9.88 Å². The Hall–Kier alpha value is -2.70. The smallest absolute Gasteiger partial charge is 0.203 e. The number of hydrogen-bond acceptors (Lipinski definition) is 6. The van der Waals surface area contributed by atoms with E-state index in [2.05, 4.69) is 16.8 Å². The zero-order chi connectivity index (χ0) is 21.5. The summed E-state index contributed by atoms with van der Waals surface area (Å²) in [5.41, 5.74) is 2.49. The van der Waals surface area contributed by atoms with Gasteiger partial charge in [0, 0.05) is 12.6 Å². The van der Waals surface area contributed by atoms with E-state index in [0.717, 1.165) is 29.6 Å². The van der Waals surface area contributed by atoms with Crippen LogP contribution in [0.2, 0.25) is 0 Å². The Morgan fingerprint density at radius 2 is 2.06 bits per heavy atom. The maximum Gasteiger partial charge on any atom is 0.203 e. The molecule has 1 aliphatic rings. The van der Waals surface area contributed by atoms with Crippen molar-refractivity contribution in [3.63, 3.8) is 0 Å². The standard InChI is InChI=1S/C25H26N2O3S/c1-3-16-8-6-7-13-27(16)14-18-20(28)12-11-17-23(29)22(15(2)30-24(17)18)25-26-19-9-4-5-10-21(19)31-25/h4-5,9-12,16,28H,3,6-8,13-14H2,1-2H3. The summed E-state index contributed by atoms with van der Waals surface area (Å²) in [5, 5.41) is 11.8. The Kier molecular flexibility index (Phi) is 5.28. The number of phenols is 1. The predicted octanol–water partition coefficient (Wildman–Crippen LogP) is 5.85. The SMILES string of the molecule is CCC1CCCCN1Cc1c(O)ccc2c(=O)c(-c3nc4ccccc4s3)c(C)oc12. The number of rotatable bonds is 4. The van der Waals surface area contributed by atoms with Crippen molar-refractivity contribution in [2.75, 3.05) is 6.54 Å². The number of aromatic hydroxyl groups is 1. The van der Waals surface area contributed by atoms with E-state index in [0.29, 0.717) is 45.5 Å². The van der Waals surface area contributed by atoms with E-state index in [1.807, 2.05) is 31.2 Å². The van der Waals surface area contributed by atoms with Crippen LogP contribution < -0.4 is 5.43 Å². The number of benzene rings is 2. The average Bonchev–Trinajstić information content (AvgIpc) is 3.19. The van der Waals surface area contributed by atoms with E-state index in [1.165, 1.54) is 24.2 Å². The van der Waals surface area contributed by atoms with E-state index in [4.69, 9.17) is 4.42 Å². The third kappa shape index (κ3) is 3.54. The fraction of sp³-hybridized carbons (Fsp3) is 0.360. The fourth-order valence-corrected chi connectivity index (χ4v) is 5.78. The summed E-state index contributed by atoms with van der Waals surface area (Å²) in [6.45, 7) is 5.61. The molecule has 0 bridgehead atoms. The van der Waals surface area contributed by atoms with E-state index in [1.54, 1.807) is 12.1 Å². The summed E-state index contributed by atoms with van der Waals surface area (Å²) in [6, 6.07) is 11.7. The summed E-state index contributed by atoms with van der Waals surface area (Å²) in [5.74, 6) is 0.720. The van der Waals surface area contributed by atoms with E-state index >= 15 is 0 Å². The highest BCUT2D eigenvalue weighted by Crippen LogP contribution is 2.35. The molecule has 6 heteroatoms. The van der Waals surface area contributed by atoms with Gasteiger partial charge >= 0.3 is 0 Å². The molecule has 0 saturated carbocycles. The van der Waals surface area contributed by atoms with Crippen LogP contribution >= 0.6 is 11.3 Å². The van der Waals surface area contributed by atoms with Gasteiger partial charge in [-0.15, -0.1) is 11.3 Å². The molecule has 1 saturated heterocycles. The minimum Gasteiger partial charge on any atom is -0.507 e. The number of hydrogen-bond donors (Lipinski definition) is 1. The van der Waals surface area contributed by atoms with E-state index in [9.17, 15) is 9.90 Å². The second kappa shape index (κ2) is 8.09. The first-order chi connectivity index (χ1) is 15.1. The molecule has 0 aliphatic carbocycles. The number of fused-ring (bicyclic) bond motifs is 2. The van der Waals surface area contributed by atoms with Crippen LogP contribution in [0.15, 0.2) is 45.6 Å². The van der Waals surface area contributed by atoms with Crippen LogP contribution in [-0.2, 0) is 6.54 Å². The molecule has 1 aliphatic heterocycles. The maximum absolute atomic E-state index is 13.5. The highest BCUT2D eigenvalue weighted by Gasteiger charge is 2.25. The van der Waals surface area contributed by atoms with Crippen molar-refractivity contribution in [3.05, 3.63) is 57.9 Å². The normalized spacial score (nSPS) is 17.5. The molecule has 1 unspecified atom stereocenters. The zero-order valence-electron chi connectivity index (χ0n) is 17.9. The molecule has 0 amide bonds. The van der Waals surface area contributed by atoms with Crippen molar-refractivity contribution in [3.8, 4) is 16.3 Å². The van der Waals surface area contributed by atoms with Crippen LogP contribution in [-0.4, -0.2) is 27.6 Å². The number of para-hydroxylation sites is 1. The average molecular weight is 435 g/mol. The predicted molar refractivity (Wildman–Crippen MR) is 126 cm³/mol. The fourth-order valence-electron chi connectivity index (χ4n) is 4.72. The highest BCUT2D eigenvalue weighted by molar-refractivity contribution is 7.21. The molecule has 5 nitrogen and oxygen atoms in total. The van der Waals surface area contributed by atoms with Crippen molar-refractivity contribution in [2.45, 2.75) is 52.1 Å². The zero-order valence-corrected chi connectivity index (χ0v) is 18.7. The van der Waals surface area contributed by atoms with Gasteiger partial charge in [0.2, 0.25) is 5.43 Å². The molecule has 3 heterocycles. The van der Waals surface area contributed by atoms with Gasteiger partial charge in [-0.2, -0.15) is 0 Å². The minimum atomic E-state index is -0.0928. The van der Waals surface area contributed by atoms with Crippen molar-refractivity contribution < 1.29 is 9.52 Å². The van der Waals surface area contributed by atoms with Crippen LogP contribution in [0.5, 0.6) is 5.75 Å². The molecule has 160 valence electrons. The summed E-state index contributed by atoms with van der Waals surface area (Å²) in [6.07, 6.45) is 4.66. The highest BCUT2D eigenvalue weighted by atomic mass is 32.1. The van der Waals surface area contributed by atoms with E-state index in [-0.39, 0.29) is 11.2 Å². The lowest BCUT2D eigenvalue weighted by atomic mass is 9.98. The van der Waals surface area contributed by atoms with Crippen molar-refractivity contribution >= 4 is 32.5 Å². The van der Waals surface area contributed by atoms with Gasteiger partial charge in [-0.25, -0.2) is 4.98 Å². The van der Waals surface area contributed by atoms with Crippen LogP contribution in [0.4, 0.5) is 0 Å². The summed E-state index contributed by atoms with van der Waals surface area (Å²) in [4.78, 5) is 20.6. The molecule has 5 rings (SSSR count). The third-order valence-corrected chi connectivity index (χ3v) is 7.46. The summed E-state index contributed by atoms with van der Waals surface area (Å²) >= 11 is 1.50. The first-order valence-corrected chi connectivity index (χ1v) is 11.8. The molecule has 1 atom stereocenters. The molecule has 1 N–H and O–H groups in total. The monoisotopic (exact) mass is 434 g/mol. The first kappa shape index (κ1) is 20.2. The van der Waals surface area contributed by atoms with Gasteiger partial charge in [0.1, 0.15) is 22.1 Å². The third-order valence-electron chi connectivity index (χ3n) is 6.40. The lowest BCUT2D eigenvalue weighted by Gasteiger charge is -2.35. The number of nitrogens with zero attached hydrogens (tertiary/aromatic N) is 2. The summed E-state index contributed by atoms with van der Waals surface area (Å²) in [7, 11) is 0. The number of likely N-dealkylation sites (tertiary alicyclic amines) is 1. The number of aromatic nitrogens is 1. The molecule has 4 aromatic rings. The molecule has 1 fully saturated rings. The van der Waals surface area contributed by atoms with Gasteiger partial charge in [0.15, 0.2) is 0 Å². The first-order valence-electron chi connectivity index (χ1n) is 10.9. The molecule has 2 aromatic carbocycles. The summed E-state index contributed by atoms with van der Waals surface area (Å²) < 4.78 is 7.27. The van der Waals surface area contributed by atoms with Crippen LogP contribution in [0.1, 0.15) is 43.9 Å². The Morgan fingerprint density at radius 1 is 1.23 bits per heavy atom. The van der Waals surface area contributed by atoms with Gasteiger partial charge in [0.25, 0.3) is 0 Å². The van der Waals surface area contributed by atoms with Crippen LogP contribution in [0.3, 0.4) is 0 Å². The van der Waals surface area contributed by atoms with Crippen molar-refractivity contribution in [1.29, 1.82) is 0 Å². The van der Waals surface area contributed by atoms with Gasteiger partial charge in [-0.1, -0.05) is 25.5 Å². The number of thiazole rings is 1. The molecular weight excluding hydrogens is 408 g/mol. The van der Waals surface area contributed by atoms with Gasteiger partial charge < -0.3 is 9.52 Å².